The fourth-order valence-electron chi connectivity index (χ4n) is 1.08. The Bertz CT molecular complexity index is 373. The molecule has 0 aromatic heterocycles. The van der Waals surface area contributed by atoms with Gasteiger partial charge < -0.3 is 5.32 Å². The van der Waals surface area contributed by atoms with Gasteiger partial charge in [0, 0.05) is 5.56 Å². The van der Waals surface area contributed by atoms with Gasteiger partial charge in [-0.1, -0.05) is 0 Å². The summed E-state index contributed by atoms with van der Waals surface area (Å²) in [5, 5.41) is 2.11. The van der Waals surface area contributed by atoms with Crippen molar-refractivity contribution in [3.8, 4) is 0 Å². The van der Waals surface area contributed by atoms with Crippen LogP contribution in [0.4, 0.5) is 13.2 Å². The van der Waals surface area contributed by atoms with Crippen LogP contribution in [0.15, 0.2) is 24.3 Å². The maximum absolute atomic E-state index is 12.2. The van der Waals surface area contributed by atoms with Crippen molar-refractivity contribution in [1.29, 1.82) is 0 Å². The van der Waals surface area contributed by atoms with E-state index in [9.17, 15) is 18.0 Å². The highest BCUT2D eigenvalue weighted by Gasteiger charge is 2.30. The first-order valence-corrected chi connectivity index (χ1v) is 4.98. The Morgan fingerprint density at radius 2 is 1.81 bits per heavy atom. The van der Waals surface area contributed by atoms with Crippen molar-refractivity contribution in [2.45, 2.75) is 18.5 Å². The van der Waals surface area contributed by atoms with Crippen LogP contribution in [0.1, 0.15) is 22.8 Å². The predicted octanol–water partition coefficient (Wildman–Crippen LogP) is 2.71. The smallest absolute Gasteiger partial charge is 0.341 e. The largest absolute Gasteiger partial charge is 0.416 e. The van der Waals surface area contributed by atoms with Crippen molar-refractivity contribution in [3.05, 3.63) is 35.4 Å². The van der Waals surface area contributed by atoms with Crippen LogP contribution < -0.4 is 5.32 Å². The van der Waals surface area contributed by atoms with Crippen LogP contribution in [0.2, 0.25) is 0 Å². The van der Waals surface area contributed by atoms with Gasteiger partial charge in [0.2, 0.25) is 0 Å². The molecule has 0 aliphatic heterocycles. The van der Waals surface area contributed by atoms with Gasteiger partial charge in [0.1, 0.15) is 0 Å². The highest BCUT2D eigenvalue weighted by atomic mass is 32.1. The molecule has 1 aromatic rings. The zero-order valence-corrected chi connectivity index (χ0v) is 9.27. The Hall–Kier alpha value is -1.17. The van der Waals surface area contributed by atoms with Crippen molar-refractivity contribution < 1.29 is 18.0 Å². The molecule has 1 amide bonds. The van der Waals surface area contributed by atoms with Crippen molar-refractivity contribution >= 4 is 18.5 Å². The zero-order chi connectivity index (χ0) is 12.3. The molecule has 0 radical (unpaired) electrons. The average Bonchev–Trinajstić information content (AvgIpc) is 2.15. The molecule has 0 fully saturated rings. The number of rotatable bonds is 2. The monoisotopic (exact) mass is 249 g/mol. The second-order valence-electron chi connectivity index (χ2n) is 3.22. The lowest BCUT2D eigenvalue weighted by molar-refractivity contribution is -0.137. The van der Waals surface area contributed by atoms with Crippen LogP contribution >= 0.6 is 12.6 Å². The summed E-state index contributed by atoms with van der Waals surface area (Å²) in [6, 6.07) is 4.01. The summed E-state index contributed by atoms with van der Waals surface area (Å²) in [5.41, 5.74) is -0.600. The predicted molar refractivity (Wildman–Crippen MR) is 57.4 cm³/mol. The Balaban J connectivity index is 2.83. The lowest BCUT2D eigenvalue weighted by Gasteiger charge is -2.09. The number of amides is 1. The summed E-state index contributed by atoms with van der Waals surface area (Å²) in [6.45, 7) is 1.64. The quantitative estimate of drug-likeness (QED) is 0.612. The second kappa shape index (κ2) is 4.78. The number of alkyl halides is 3. The molecule has 0 heterocycles. The van der Waals surface area contributed by atoms with E-state index in [0.29, 0.717) is 0 Å². The molecule has 1 aromatic carbocycles. The van der Waals surface area contributed by atoms with Crippen LogP contribution in [0.25, 0.3) is 0 Å². The third-order valence-electron chi connectivity index (χ3n) is 1.81. The van der Waals surface area contributed by atoms with Gasteiger partial charge in [-0.15, -0.1) is 0 Å². The van der Waals surface area contributed by atoms with E-state index in [0.717, 1.165) is 24.3 Å². The number of carbonyl (C=O) groups excluding carboxylic acids is 1. The topological polar surface area (TPSA) is 29.1 Å². The molecular formula is C10H10F3NOS. The standard InChI is InChI=1S/C10H10F3NOS/c1-6(16)14-9(15)7-2-4-8(5-3-7)10(11,12)13/h2-6,16H,1H3,(H,14,15). The van der Waals surface area contributed by atoms with Gasteiger partial charge in [0.05, 0.1) is 10.9 Å². The summed E-state index contributed by atoms with van der Waals surface area (Å²) >= 11 is 3.94. The van der Waals surface area contributed by atoms with Crippen molar-refractivity contribution in [2.24, 2.45) is 0 Å². The molecule has 16 heavy (non-hydrogen) atoms. The maximum Gasteiger partial charge on any atom is 0.416 e. The first-order chi connectivity index (χ1) is 7.30. The highest BCUT2D eigenvalue weighted by Crippen LogP contribution is 2.29. The molecule has 1 N–H and O–H groups in total. The van der Waals surface area contributed by atoms with Crippen LogP contribution in [0.3, 0.4) is 0 Å². The fourth-order valence-corrected chi connectivity index (χ4v) is 1.20. The molecule has 2 nitrogen and oxygen atoms in total. The molecule has 1 atom stereocenters. The normalized spacial score (nSPS) is 13.3. The summed E-state index contributed by atoms with van der Waals surface area (Å²) in [5.74, 6) is -0.448. The minimum Gasteiger partial charge on any atom is -0.341 e. The Kier molecular flexibility index (Phi) is 3.85. The lowest BCUT2D eigenvalue weighted by atomic mass is 10.1. The van der Waals surface area contributed by atoms with Gasteiger partial charge in [0.15, 0.2) is 0 Å². The van der Waals surface area contributed by atoms with Gasteiger partial charge >= 0.3 is 6.18 Å². The number of benzene rings is 1. The first-order valence-electron chi connectivity index (χ1n) is 4.47. The molecule has 1 unspecified atom stereocenters. The van der Waals surface area contributed by atoms with E-state index in [1.165, 1.54) is 0 Å². The number of hydrogen-bond donors (Lipinski definition) is 2. The number of thiol groups is 1. The molecule has 88 valence electrons. The van der Waals surface area contributed by atoms with E-state index in [2.05, 4.69) is 17.9 Å². The minimum atomic E-state index is -4.38. The van der Waals surface area contributed by atoms with E-state index in [-0.39, 0.29) is 10.9 Å². The summed E-state index contributed by atoms with van der Waals surface area (Å²) in [7, 11) is 0. The van der Waals surface area contributed by atoms with E-state index >= 15 is 0 Å². The van der Waals surface area contributed by atoms with E-state index in [1.807, 2.05) is 0 Å². The molecule has 0 spiro atoms. The first kappa shape index (κ1) is 12.9. The molecule has 6 heteroatoms. The van der Waals surface area contributed by atoms with Crippen LogP contribution in [-0.4, -0.2) is 11.3 Å². The number of hydrogen-bond acceptors (Lipinski definition) is 2. The van der Waals surface area contributed by atoms with E-state index in [4.69, 9.17) is 0 Å². The Morgan fingerprint density at radius 1 is 1.31 bits per heavy atom. The van der Waals surface area contributed by atoms with Crippen molar-refractivity contribution in [3.63, 3.8) is 0 Å². The molecule has 0 bridgehead atoms. The maximum atomic E-state index is 12.2. The third-order valence-corrected chi connectivity index (χ3v) is 1.94. The summed E-state index contributed by atoms with van der Waals surface area (Å²) in [4.78, 5) is 11.4. The molecule has 1 rings (SSSR count). The van der Waals surface area contributed by atoms with Gasteiger partial charge in [-0.3, -0.25) is 4.79 Å². The van der Waals surface area contributed by atoms with Gasteiger partial charge in [-0.25, -0.2) is 0 Å². The number of carbonyl (C=O) groups is 1. The van der Waals surface area contributed by atoms with Gasteiger partial charge in [0.25, 0.3) is 5.91 Å². The van der Waals surface area contributed by atoms with Crippen LogP contribution in [0.5, 0.6) is 0 Å². The molecule has 0 saturated carbocycles. The number of nitrogens with one attached hydrogen (secondary N) is 1. The molecule has 0 aliphatic carbocycles. The molecule has 0 aliphatic rings. The highest BCUT2D eigenvalue weighted by molar-refractivity contribution is 7.80. The van der Waals surface area contributed by atoms with E-state index < -0.39 is 17.6 Å². The minimum absolute atomic E-state index is 0.175. The van der Waals surface area contributed by atoms with Crippen molar-refractivity contribution in [2.75, 3.05) is 0 Å². The molecule has 0 saturated heterocycles. The summed E-state index contributed by atoms with van der Waals surface area (Å²) < 4.78 is 36.7. The van der Waals surface area contributed by atoms with Crippen LogP contribution in [0, 0.1) is 0 Å². The second-order valence-corrected chi connectivity index (χ2v) is 4.00. The number of halogens is 3. The average molecular weight is 249 g/mol. The zero-order valence-electron chi connectivity index (χ0n) is 8.38. The SMILES string of the molecule is CC(S)NC(=O)c1ccc(C(F)(F)F)cc1. The van der Waals surface area contributed by atoms with Crippen molar-refractivity contribution in [1.82, 2.24) is 5.32 Å². The Labute approximate surface area is 96.3 Å². The molecular weight excluding hydrogens is 239 g/mol. The fraction of sp³-hybridized carbons (Fsp3) is 0.300. The summed E-state index contributed by atoms with van der Waals surface area (Å²) in [6.07, 6.45) is -4.38. The van der Waals surface area contributed by atoms with Crippen LogP contribution in [-0.2, 0) is 6.18 Å². The Morgan fingerprint density at radius 3 is 2.19 bits per heavy atom. The van der Waals surface area contributed by atoms with Gasteiger partial charge in [-0.2, -0.15) is 25.8 Å². The third kappa shape index (κ3) is 3.44. The lowest BCUT2D eigenvalue weighted by Crippen LogP contribution is -2.28. The van der Waals surface area contributed by atoms with E-state index in [1.54, 1.807) is 6.92 Å². The van der Waals surface area contributed by atoms with Gasteiger partial charge in [-0.05, 0) is 31.2 Å².